The van der Waals surface area contributed by atoms with Gasteiger partial charge in [-0.25, -0.2) is 4.39 Å². The summed E-state index contributed by atoms with van der Waals surface area (Å²) >= 11 is 17.0. The van der Waals surface area contributed by atoms with Gasteiger partial charge in [0.1, 0.15) is 11.0 Å². The lowest BCUT2D eigenvalue weighted by Crippen LogP contribution is -2.16. The molecule has 0 bridgehead atoms. The molecule has 1 atom stereocenters. The lowest BCUT2D eigenvalue weighted by Gasteiger charge is -2.05. The third kappa shape index (κ3) is 1.79. The molecule has 1 aliphatic carbocycles. The van der Waals surface area contributed by atoms with Crippen LogP contribution in [0.1, 0.15) is 12.8 Å². The predicted octanol–water partition coefficient (Wildman–Crippen LogP) is 2.47. The first kappa shape index (κ1) is 9.56. The second-order valence-corrected chi connectivity index (χ2v) is 4.90. The number of Topliss-reactive ketones (excluding diaryl/α,β-unsaturated/α-hetero) is 1. The van der Waals surface area contributed by atoms with Crippen molar-refractivity contribution in [3.63, 3.8) is 0 Å². The molecular formula is C6H6Cl3FO. The van der Waals surface area contributed by atoms with E-state index in [-0.39, 0.29) is 6.42 Å². The SMILES string of the molecule is O=C(CF)CC1(Cl)CC1(Cl)Cl. The van der Waals surface area contributed by atoms with Crippen LogP contribution in [0.25, 0.3) is 0 Å². The van der Waals surface area contributed by atoms with Crippen LogP contribution in [0.15, 0.2) is 0 Å². The van der Waals surface area contributed by atoms with Gasteiger partial charge in [-0.3, -0.25) is 4.79 Å². The summed E-state index contributed by atoms with van der Waals surface area (Å²) < 4.78 is 10.7. The molecule has 5 heteroatoms. The molecule has 64 valence electrons. The van der Waals surface area contributed by atoms with E-state index in [1.165, 1.54) is 0 Å². The van der Waals surface area contributed by atoms with Crippen molar-refractivity contribution in [2.45, 2.75) is 22.0 Å². The van der Waals surface area contributed by atoms with Crippen LogP contribution in [0, 0.1) is 0 Å². The fraction of sp³-hybridized carbons (Fsp3) is 0.833. The molecular weight excluding hydrogens is 213 g/mol. The summed E-state index contributed by atoms with van der Waals surface area (Å²) in [6, 6.07) is 0. The van der Waals surface area contributed by atoms with E-state index in [9.17, 15) is 9.18 Å². The number of hydrogen-bond acceptors (Lipinski definition) is 1. The van der Waals surface area contributed by atoms with Gasteiger partial charge in [-0.15, -0.1) is 11.6 Å². The summed E-state index contributed by atoms with van der Waals surface area (Å²) in [7, 11) is 0. The minimum absolute atomic E-state index is 0.0853. The summed E-state index contributed by atoms with van der Waals surface area (Å²) in [5.41, 5.74) is 0. The van der Waals surface area contributed by atoms with Gasteiger partial charge in [-0.05, 0) is 0 Å². The summed E-state index contributed by atoms with van der Waals surface area (Å²) in [5.74, 6) is -0.553. The van der Waals surface area contributed by atoms with Gasteiger partial charge in [-0.2, -0.15) is 0 Å². The van der Waals surface area contributed by atoms with Crippen LogP contribution < -0.4 is 0 Å². The molecule has 0 spiro atoms. The van der Waals surface area contributed by atoms with Gasteiger partial charge in [0.2, 0.25) is 0 Å². The zero-order valence-corrected chi connectivity index (χ0v) is 7.81. The van der Waals surface area contributed by atoms with Crippen LogP contribution in [0.3, 0.4) is 0 Å². The van der Waals surface area contributed by atoms with Crippen LogP contribution in [-0.2, 0) is 4.79 Å². The molecule has 0 amide bonds. The first-order valence-electron chi connectivity index (χ1n) is 3.06. The number of halogens is 4. The first-order chi connectivity index (χ1) is 4.91. The Morgan fingerprint density at radius 3 is 2.18 bits per heavy atom. The molecule has 11 heavy (non-hydrogen) atoms. The second kappa shape index (κ2) is 2.75. The van der Waals surface area contributed by atoms with E-state index in [4.69, 9.17) is 34.8 Å². The smallest absolute Gasteiger partial charge is 0.165 e. The van der Waals surface area contributed by atoms with Gasteiger partial charge >= 0.3 is 0 Å². The largest absolute Gasteiger partial charge is 0.297 e. The molecule has 0 aromatic rings. The Morgan fingerprint density at radius 1 is 1.45 bits per heavy atom. The minimum atomic E-state index is -1.04. The molecule has 0 saturated heterocycles. The predicted molar refractivity (Wildman–Crippen MR) is 43.2 cm³/mol. The Bertz CT molecular complexity index is 194. The van der Waals surface area contributed by atoms with E-state index in [1.54, 1.807) is 0 Å². The third-order valence-electron chi connectivity index (χ3n) is 1.66. The fourth-order valence-corrected chi connectivity index (χ4v) is 1.94. The lowest BCUT2D eigenvalue weighted by atomic mass is 10.2. The Balaban J connectivity index is 2.46. The third-order valence-corrected chi connectivity index (χ3v) is 3.43. The molecule has 1 saturated carbocycles. The molecule has 1 nitrogen and oxygen atoms in total. The maximum absolute atomic E-state index is 11.7. The van der Waals surface area contributed by atoms with Gasteiger partial charge in [0.15, 0.2) is 5.78 Å². The van der Waals surface area contributed by atoms with Gasteiger partial charge in [0.25, 0.3) is 0 Å². The summed E-state index contributed by atoms with van der Waals surface area (Å²) in [4.78, 5) is 9.66. The number of carbonyl (C=O) groups excluding carboxylic acids is 1. The molecule has 0 aromatic heterocycles. The average molecular weight is 219 g/mol. The van der Waals surface area contributed by atoms with Gasteiger partial charge < -0.3 is 0 Å². The van der Waals surface area contributed by atoms with E-state index in [1.807, 2.05) is 0 Å². The van der Waals surface area contributed by atoms with E-state index >= 15 is 0 Å². The van der Waals surface area contributed by atoms with Gasteiger partial charge in [0, 0.05) is 12.8 Å². The first-order valence-corrected chi connectivity index (χ1v) is 4.19. The van der Waals surface area contributed by atoms with Crippen LogP contribution in [-0.4, -0.2) is 21.7 Å². The highest BCUT2D eigenvalue weighted by atomic mass is 35.5. The number of rotatable bonds is 3. The maximum atomic E-state index is 11.7. The second-order valence-electron chi connectivity index (χ2n) is 2.70. The monoisotopic (exact) mass is 218 g/mol. The number of ketones is 1. The minimum Gasteiger partial charge on any atom is -0.297 e. The standard InChI is InChI=1S/C6H6Cl3FO/c7-5(1-4(11)2-10)3-6(5,8)9/h1-3H2. The molecule has 0 heterocycles. The van der Waals surface area contributed by atoms with Crippen molar-refractivity contribution in [1.82, 2.24) is 0 Å². The average Bonchev–Trinajstić information content (AvgIpc) is 2.31. The Hall–Kier alpha value is 0.470. The molecule has 1 rings (SSSR count). The van der Waals surface area contributed by atoms with Gasteiger partial charge in [-0.1, -0.05) is 23.2 Å². The topological polar surface area (TPSA) is 17.1 Å². The zero-order valence-electron chi connectivity index (χ0n) is 5.54. The summed E-state index contributed by atoms with van der Waals surface area (Å²) in [6.07, 6.45) is 0.258. The van der Waals surface area contributed by atoms with Crippen LogP contribution in [0.5, 0.6) is 0 Å². The molecule has 1 unspecified atom stereocenters. The van der Waals surface area contributed by atoms with E-state index < -0.39 is 21.7 Å². The van der Waals surface area contributed by atoms with E-state index in [2.05, 4.69) is 0 Å². The summed E-state index contributed by atoms with van der Waals surface area (Å²) in [5, 5.41) is 0. The number of alkyl halides is 4. The highest BCUT2D eigenvalue weighted by Crippen LogP contribution is 2.63. The van der Waals surface area contributed by atoms with Crippen LogP contribution in [0.2, 0.25) is 0 Å². The lowest BCUT2D eigenvalue weighted by molar-refractivity contribution is -0.120. The molecule has 0 N–H and O–H groups in total. The van der Waals surface area contributed by atoms with Crippen molar-refractivity contribution < 1.29 is 9.18 Å². The fourth-order valence-electron chi connectivity index (χ4n) is 0.859. The van der Waals surface area contributed by atoms with E-state index in [0.29, 0.717) is 6.42 Å². The number of hydrogen-bond donors (Lipinski definition) is 0. The Labute approximate surface area is 78.8 Å². The van der Waals surface area contributed by atoms with Crippen molar-refractivity contribution in [2.24, 2.45) is 0 Å². The molecule has 0 aliphatic heterocycles. The van der Waals surface area contributed by atoms with Crippen molar-refractivity contribution in [3.8, 4) is 0 Å². The van der Waals surface area contributed by atoms with Gasteiger partial charge in [0.05, 0.1) is 4.87 Å². The Morgan fingerprint density at radius 2 is 1.91 bits per heavy atom. The number of carbonyl (C=O) groups is 1. The summed E-state index contributed by atoms with van der Waals surface area (Å²) in [6.45, 7) is -1.00. The van der Waals surface area contributed by atoms with Crippen molar-refractivity contribution in [1.29, 1.82) is 0 Å². The molecule has 1 aliphatic rings. The molecule has 1 fully saturated rings. The normalized spacial score (nSPS) is 33.5. The van der Waals surface area contributed by atoms with Crippen LogP contribution in [0.4, 0.5) is 4.39 Å². The van der Waals surface area contributed by atoms with Crippen molar-refractivity contribution in [2.75, 3.05) is 6.67 Å². The Kier molecular flexibility index (Phi) is 2.39. The zero-order chi connectivity index (χ0) is 8.70. The highest BCUT2D eigenvalue weighted by molar-refractivity contribution is 6.58. The van der Waals surface area contributed by atoms with E-state index in [0.717, 1.165) is 0 Å². The molecule has 0 aromatic carbocycles. The van der Waals surface area contributed by atoms with Crippen molar-refractivity contribution in [3.05, 3.63) is 0 Å². The maximum Gasteiger partial charge on any atom is 0.165 e. The quantitative estimate of drug-likeness (QED) is 0.667. The van der Waals surface area contributed by atoms with Crippen molar-refractivity contribution >= 4 is 40.6 Å². The van der Waals surface area contributed by atoms with Crippen LogP contribution >= 0.6 is 34.8 Å². The molecule has 0 radical (unpaired) electrons. The highest BCUT2D eigenvalue weighted by Gasteiger charge is 2.66.